The van der Waals surface area contributed by atoms with E-state index >= 15 is 0 Å². The van der Waals surface area contributed by atoms with Gasteiger partial charge in [0.1, 0.15) is 5.15 Å². The molecule has 2 N–H and O–H groups in total. The number of pyridine rings is 1. The number of aromatic nitrogens is 1. The van der Waals surface area contributed by atoms with Crippen LogP contribution >= 0.6 is 23.4 Å². The zero-order valence-corrected chi connectivity index (χ0v) is 10.9. The van der Waals surface area contributed by atoms with Crippen LogP contribution in [-0.4, -0.2) is 40.4 Å². The van der Waals surface area contributed by atoms with Crippen molar-refractivity contribution < 1.29 is 4.79 Å². The Labute approximate surface area is 110 Å². The Morgan fingerprint density at radius 2 is 2.29 bits per heavy atom. The van der Waals surface area contributed by atoms with Crippen LogP contribution in [0.2, 0.25) is 5.15 Å². The molecule has 0 atom stereocenters. The Hall–Kier alpha value is -0.940. The summed E-state index contributed by atoms with van der Waals surface area (Å²) in [4.78, 5) is 18.0. The van der Waals surface area contributed by atoms with Gasteiger partial charge in [-0.05, 0) is 18.2 Å². The molecular formula is C11H14ClN3OS. The second-order valence-corrected chi connectivity index (χ2v) is 5.45. The van der Waals surface area contributed by atoms with E-state index in [1.807, 2.05) is 16.7 Å². The van der Waals surface area contributed by atoms with Crippen molar-refractivity contribution in [2.75, 3.05) is 30.3 Å². The van der Waals surface area contributed by atoms with Crippen LogP contribution in [0.4, 0.5) is 5.69 Å². The van der Waals surface area contributed by atoms with Gasteiger partial charge in [0.25, 0.3) is 5.91 Å². The number of halogens is 1. The molecule has 2 rings (SSSR count). The van der Waals surface area contributed by atoms with E-state index in [1.54, 1.807) is 6.07 Å². The molecule has 0 unspecified atom stereocenters. The first-order valence-corrected chi connectivity index (χ1v) is 7.00. The minimum absolute atomic E-state index is 0.0719. The van der Waals surface area contributed by atoms with Gasteiger partial charge in [0.05, 0.1) is 17.4 Å². The molecule has 0 spiro atoms. The van der Waals surface area contributed by atoms with Gasteiger partial charge in [0.15, 0.2) is 0 Å². The number of nitrogen functional groups attached to an aromatic ring is 1. The van der Waals surface area contributed by atoms with Crippen LogP contribution in [0.25, 0.3) is 0 Å². The summed E-state index contributed by atoms with van der Waals surface area (Å²) < 4.78 is 0. The number of nitrogens with two attached hydrogens (primary N) is 1. The molecule has 1 fully saturated rings. The molecule has 17 heavy (non-hydrogen) atoms. The molecular weight excluding hydrogens is 258 g/mol. The average Bonchev–Trinajstić information content (AvgIpc) is 2.60. The van der Waals surface area contributed by atoms with Crippen molar-refractivity contribution in [2.24, 2.45) is 0 Å². The third-order valence-corrected chi connectivity index (χ3v) is 3.95. The van der Waals surface area contributed by atoms with Gasteiger partial charge < -0.3 is 10.6 Å². The minimum Gasteiger partial charge on any atom is -0.397 e. The van der Waals surface area contributed by atoms with E-state index in [0.29, 0.717) is 11.3 Å². The molecule has 1 aliphatic rings. The fourth-order valence-electron chi connectivity index (χ4n) is 1.73. The standard InChI is InChI=1S/C11H14ClN3OS/c12-10-9(6-8(13)7-14-10)11(16)15-2-1-4-17-5-3-15/h6-7H,1-5,13H2. The molecule has 1 aliphatic heterocycles. The maximum Gasteiger partial charge on any atom is 0.257 e. The lowest BCUT2D eigenvalue weighted by Crippen LogP contribution is -2.33. The zero-order valence-electron chi connectivity index (χ0n) is 9.36. The fraction of sp³-hybridized carbons (Fsp3) is 0.455. The highest BCUT2D eigenvalue weighted by molar-refractivity contribution is 7.99. The van der Waals surface area contributed by atoms with Crippen LogP contribution in [0, 0.1) is 0 Å². The molecule has 1 saturated heterocycles. The summed E-state index contributed by atoms with van der Waals surface area (Å²) in [7, 11) is 0. The molecule has 0 aromatic carbocycles. The van der Waals surface area contributed by atoms with Crippen molar-refractivity contribution in [3.8, 4) is 0 Å². The van der Waals surface area contributed by atoms with E-state index in [1.165, 1.54) is 6.20 Å². The minimum atomic E-state index is -0.0719. The van der Waals surface area contributed by atoms with Gasteiger partial charge in [-0.15, -0.1) is 0 Å². The van der Waals surface area contributed by atoms with Crippen molar-refractivity contribution in [3.63, 3.8) is 0 Å². The van der Waals surface area contributed by atoms with Crippen LogP contribution in [0.5, 0.6) is 0 Å². The van der Waals surface area contributed by atoms with Crippen LogP contribution in [-0.2, 0) is 0 Å². The van der Waals surface area contributed by atoms with E-state index in [9.17, 15) is 4.79 Å². The van der Waals surface area contributed by atoms with E-state index in [4.69, 9.17) is 17.3 Å². The monoisotopic (exact) mass is 271 g/mol. The van der Waals surface area contributed by atoms with Gasteiger partial charge in [-0.25, -0.2) is 4.98 Å². The van der Waals surface area contributed by atoms with Gasteiger partial charge in [0.2, 0.25) is 0 Å². The first-order valence-electron chi connectivity index (χ1n) is 5.46. The summed E-state index contributed by atoms with van der Waals surface area (Å²) in [5.41, 5.74) is 6.49. The van der Waals surface area contributed by atoms with Gasteiger partial charge in [-0.1, -0.05) is 11.6 Å². The molecule has 0 radical (unpaired) electrons. The smallest absolute Gasteiger partial charge is 0.257 e. The van der Waals surface area contributed by atoms with Crippen LogP contribution in [0.3, 0.4) is 0 Å². The van der Waals surface area contributed by atoms with E-state index in [-0.39, 0.29) is 11.1 Å². The van der Waals surface area contributed by atoms with Crippen molar-refractivity contribution >= 4 is 35.0 Å². The Morgan fingerprint density at radius 1 is 1.47 bits per heavy atom. The van der Waals surface area contributed by atoms with Crippen LogP contribution in [0.1, 0.15) is 16.8 Å². The predicted molar refractivity (Wildman–Crippen MR) is 71.5 cm³/mol. The van der Waals surface area contributed by atoms with Crippen molar-refractivity contribution in [1.82, 2.24) is 9.88 Å². The lowest BCUT2D eigenvalue weighted by atomic mass is 10.2. The second-order valence-electron chi connectivity index (χ2n) is 3.87. The summed E-state index contributed by atoms with van der Waals surface area (Å²) in [5.74, 6) is 2.00. The highest BCUT2D eigenvalue weighted by Gasteiger charge is 2.20. The quantitative estimate of drug-likeness (QED) is 0.793. The van der Waals surface area contributed by atoms with Gasteiger partial charge in [0, 0.05) is 18.8 Å². The maximum atomic E-state index is 12.3. The number of amides is 1. The summed E-state index contributed by atoms with van der Waals surface area (Å²) >= 11 is 7.80. The third kappa shape index (κ3) is 3.04. The van der Waals surface area contributed by atoms with Crippen molar-refractivity contribution in [3.05, 3.63) is 23.0 Å². The Kier molecular flexibility index (Phi) is 4.12. The number of anilines is 1. The summed E-state index contributed by atoms with van der Waals surface area (Å²) in [6, 6.07) is 1.59. The van der Waals surface area contributed by atoms with E-state index < -0.39 is 0 Å². The zero-order chi connectivity index (χ0) is 12.3. The van der Waals surface area contributed by atoms with Crippen LogP contribution in [0.15, 0.2) is 12.3 Å². The third-order valence-electron chi connectivity index (χ3n) is 2.60. The highest BCUT2D eigenvalue weighted by atomic mass is 35.5. The average molecular weight is 272 g/mol. The van der Waals surface area contributed by atoms with Crippen molar-refractivity contribution in [1.29, 1.82) is 0 Å². The molecule has 1 aromatic rings. The maximum absolute atomic E-state index is 12.3. The Morgan fingerprint density at radius 3 is 3.12 bits per heavy atom. The molecule has 0 bridgehead atoms. The van der Waals surface area contributed by atoms with Gasteiger partial charge in [-0.2, -0.15) is 11.8 Å². The number of carbonyl (C=O) groups is 1. The molecule has 2 heterocycles. The SMILES string of the molecule is Nc1cnc(Cl)c(C(=O)N2CCCSCC2)c1. The Bertz CT molecular complexity index is 419. The predicted octanol–water partition coefficient (Wildman–Crippen LogP) is 1.90. The second kappa shape index (κ2) is 5.60. The van der Waals surface area contributed by atoms with E-state index in [2.05, 4.69) is 4.98 Å². The first kappa shape index (κ1) is 12.5. The lowest BCUT2D eigenvalue weighted by Gasteiger charge is -2.20. The number of carbonyl (C=O) groups excluding carboxylic acids is 1. The largest absolute Gasteiger partial charge is 0.397 e. The number of nitrogens with zero attached hydrogens (tertiary/aromatic N) is 2. The Balaban J connectivity index is 2.20. The normalized spacial score (nSPS) is 16.6. The molecule has 1 aromatic heterocycles. The molecule has 0 aliphatic carbocycles. The molecule has 0 saturated carbocycles. The number of hydrogen-bond donors (Lipinski definition) is 1. The topological polar surface area (TPSA) is 59.2 Å². The highest BCUT2D eigenvalue weighted by Crippen LogP contribution is 2.19. The first-order chi connectivity index (χ1) is 8.18. The van der Waals surface area contributed by atoms with Gasteiger partial charge in [-0.3, -0.25) is 4.79 Å². The van der Waals surface area contributed by atoms with Gasteiger partial charge >= 0.3 is 0 Å². The lowest BCUT2D eigenvalue weighted by molar-refractivity contribution is 0.0768. The molecule has 92 valence electrons. The summed E-state index contributed by atoms with van der Waals surface area (Å²) in [6.07, 6.45) is 2.47. The number of hydrogen-bond acceptors (Lipinski definition) is 4. The summed E-state index contributed by atoms with van der Waals surface area (Å²) in [6.45, 7) is 1.53. The molecule has 4 nitrogen and oxygen atoms in total. The van der Waals surface area contributed by atoms with Crippen LogP contribution < -0.4 is 5.73 Å². The van der Waals surface area contributed by atoms with Crippen molar-refractivity contribution in [2.45, 2.75) is 6.42 Å². The summed E-state index contributed by atoms with van der Waals surface area (Å²) in [5, 5.41) is 0.223. The number of rotatable bonds is 1. The van der Waals surface area contributed by atoms with E-state index in [0.717, 1.165) is 31.0 Å². The molecule has 6 heteroatoms. The molecule has 1 amide bonds. The fourth-order valence-corrected chi connectivity index (χ4v) is 2.80. The number of thioether (sulfide) groups is 1.